The van der Waals surface area contributed by atoms with Gasteiger partial charge < -0.3 is 24.4 Å². The molecule has 188 valence electrons. The quantitative estimate of drug-likeness (QED) is 0.307. The first-order chi connectivity index (χ1) is 17.3. The van der Waals surface area contributed by atoms with Crippen LogP contribution in [0.3, 0.4) is 0 Å². The lowest BCUT2D eigenvalue weighted by Crippen LogP contribution is -2.39. The second-order valence-corrected chi connectivity index (χ2v) is 9.78. The highest BCUT2D eigenvalue weighted by atomic mass is 127. The third kappa shape index (κ3) is 4.85. The van der Waals surface area contributed by atoms with Gasteiger partial charge in [0.25, 0.3) is 5.56 Å². The second-order valence-electron chi connectivity index (χ2n) is 7.61. The lowest BCUT2D eigenvalue weighted by Gasteiger charge is -2.23. The zero-order valence-corrected chi connectivity index (χ0v) is 22.6. The summed E-state index contributed by atoms with van der Waals surface area (Å²) in [7, 11) is 1.27. The van der Waals surface area contributed by atoms with Gasteiger partial charge in [0.1, 0.15) is 11.5 Å². The van der Waals surface area contributed by atoms with Crippen molar-refractivity contribution in [3.05, 3.63) is 76.5 Å². The third-order valence-corrected chi connectivity index (χ3v) is 7.25. The Kier molecular flexibility index (Phi) is 7.69. The molecule has 1 atom stereocenters. The van der Waals surface area contributed by atoms with E-state index in [1.807, 2.05) is 36.4 Å². The van der Waals surface area contributed by atoms with Gasteiger partial charge in [0.2, 0.25) is 0 Å². The molecule has 11 heteroatoms. The summed E-state index contributed by atoms with van der Waals surface area (Å²) in [5, 5.41) is 20.1. The number of benzene rings is 2. The van der Waals surface area contributed by atoms with E-state index in [9.17, 15) is 19.8 Å². The molecule has 2 N–H and O–H groups in total. The molecule has 0 amide bonds. The van der Waals surface area contributed by atoms with Crippen LogP contribution in [0, 0.1) is 3.57 Å². The zero-order chi connectivity index (χ0) is 26.0. The number of phenolic OH excluding ortho intramolecular Hbond substituents is 2. The Hall–Kier alpha value is -3.32. The van der Waals surface area contributed by atoms with Gasteiger partial charge in [-0.15, -0.1) is 0 Å². The molecule has 1 aliphatic rings. The van der Waals surface area contributed by atoms with Crippen LogP contribution in [0.2, 0.25) is 0 Å². The van der Waals surface area contributed by atoms with Crippen molar-refractivity contribution >= 4 is 46.0 Å². The van der Waals surface area contributed by atoms with Gasteiger partial charge in [-0.25, -0.2) is 9.79 Å². The molecule has 9 nitrogen and oxygen atoms in total. The summed E-state index contributed by atoms with van der Waals surface area (Å²) in [6.45, 7) is 4.57. The zero-order valence-electron chi connectivity index (χ0n) is 19.6. The van der Waals surface area contributed by atoms with E-state index in [1.54, 1.807) is 24.3 Å². The van der Waals surface area contributed by atoms with Crippen LogP contribution < -0.4 is 24.4 Å². The number of halogens is 1. The summed E-state index contributed by atoms with van der Waals surface area (Å²) < 4.78 is 18.6. The molecule has 1 aliphatic heterocycles. The Morgan fingerprint density at radius 3 is 2.56 bits per heavy atom. The van der Waals surface area contributed by atoms with Gasteiger partial charge in [0.05, 0.1) is 40.0 Å². The minimum absolute atomic E-state index is 0.0602. The van der Waals surface area contributed by atoms with E-state index in [1.165, 1.54) is 30.0 Å². The Morgan fingerprint density at radius 2 is 1.86 bits per heavy atom. The van der Waals surface area contributed by atoms with Crippen LogP contribution in [-0.4, -0.2) is 41.1 Å². The number of ether oxygens (including phenoxy) is 3. The second kappa shape index (κ2) is 10.7. The van der Waals surface area contributed by atoms with Crippen molar-refractivity contribution in [1.82, 2.24) is 4.57 Å². The van der Waals surface area contributed by atoms with Crippen LogP contribution in [0.25, 0.3) is 6.08 Å². The molecule has 0 aliphatic carbocycles. The van der Waals surface area contributed by atoms with E-state index >= 15 is 0 Å². The van der Waals surface area contributed by atoms with Crippen molar-refractivity contribution in [2.24, 2.45) is 4.99 Å². The summed E-state index contributed by atoms with van der Waals surface area (Å²) in [5.74, 6) is 0.198. The number of aromatic nitrogens is 1. The van der Waals surface area contributed by atoms with E-state index in [0.717, 1.165) is 11.3 Å². The van der Waals surface area contributed by atoms with Crippen LogP contribution >= 0.6 is 33.9 Å². The monoisotopic (exact) mass is 622 g/mol. The van der Waals surface area contributed by atoms with Crippen molar-refractivity contribution < 1.29 is 29.2 Å². The maximum absolute atomic E-state index is 13.6. The van der Waals surface area contributed by atoms with Crippen molar-refractivity contribution in [2.45, 2.75) is 19.9 Å². The fourth-order valence-electron chi connectivity index (χ4n) is 3.81. The molecule has 0 fully saturated rings. The number of esters is 1. The summed E-state index contributed by atoms with van der Waals surface area (Å²) >= 11 is 3.06. The number of aromatic hydroxyl groups is 2. The van der Waals surface area contributed by atoms with E-state index in [4.69, 9.17) is 14.2 Å². The van der Waals surface area contributed by atoms with E-state index < -0.39 is 17.6 Å². The van der Waals surface area contributed by atoms with Gasteiger partial charge in [0, 0.05) is 17.8 Å². The maximum atomic E-state index is 13.6. The summed E-state index contributed by atoms with van der Waals surface area (Å²) in [4.78, 5) is 31.0. The molecule has 0 saturated heterocycles. The predicted molar refractivity (Wildman–Crippen MR) is 142 cm³/mol. The maximum Gasteiger partial charge on any atom is 0.337 e. The Morgan fingerprint density at radius 1 is 1.14 bits per heavy atom. The van der Waals surface area contributed by atoms with Gasteiger partial charge in [-0.05, 0) is 66.3 Å². The SMILES string of the molecule is CCOc1ccc([C@H]2C(C(=O)OC)=CN=c3s/c(=C\c4cc(I)c(O)cc4O)c(=O)n32)cc1OCC. The van der Waals surface area contributed by atoms with Gasteiger partial charge in [0.15, 0.2) is 16.3 Å². The number of methoxy groups -OCH3 is 1. The molecule has 4 rings (SSSR count). The van der Waals surface area contributed by atoms with E-state index in [0.29, 0.717) is 48.7 Å². The molecule has 0 bridgehead atoms. The molecular weight excluding hydrogens is 599 g/mol. The average molecular weight is 622 g/mol. The van der Waals surface area contributed by atoms with Crippen LogP contribution in [0.4, 0.5) is 0 Å². The highest BCUT2D eigenvalue weighted by Crippen LogP contribution is 2.35. The number of phenols is 2. The molecule has 2 heterocycles. The smallest absolute Gasteiger partial charge is 0.337 e. The van der Waals surface area contributed by atoms with Crippen molar-refractivity contribution in [3.8, 4) is 23.0 Å². The van der Waals surface area contributed by atoms with Crippen molar-refractivity contribution in [1.29, 1.82) is 0 Å². The fourth-order valence-corrected chi connectivity index (χ4v) is 5.26. The molecule has 0 spiro atoms. The first-order valence-corrected chi connectivity index (χ1v) is 12.9. The lowest BCUT2D eigenvalue weighted by molar-refractivity contribution is -0.136. The first-order valence-electron chi connectivity index (χ1n) is 11.0. The number of fused-ring (bicyclic) bond motifs is 1. The van der Waals surface area contributed by atoms with Gasteiger partial charge in [-0.2, -0.15) is 0 Å². The molecule has 3 aromatic rings. The predicted octanol–water partition coefficient (Wildman–Crippen LogP) is 2.83. The van der Waals surface area contributed by atoms with Gasteiger partial charge in [-0.1, -0.05) is 17.4 Å². The molecule has 0 saturated carbocycles. The first kappa shape index (κ1) is 25.8. The fraction of sp³-hybridized carbons (Fsp3) is 0.240. The number of carbonyl (C=O) groups is 1. The number of rotatable bonds is 7. The normalized spacial score (nSPS) is 15.1. The highest BCUT2D eigenvalue weighted by Gasteiger charge is 2.31. The van der Waals surface area contributed by atoms with E-state index in [2.05, 4.69) is 4.99 Å². The minimum atomic E-state index is -0.820. The molecule has 2 aromatic carbocycles. The number of nitrogens with zero attached hydrogens (tertiary/aromatic N) is 2. The molecule has 36 heavy (non-hydrogen) atoms. The van der Waals surface area contributed by atoms with Crippen LogP contribution in [0.15, 0.2) is 51.9 Å². The summed E-state index contributed by atoms with van der Waals surface area (Å²) in [5.41, 5.74) is 0.770. The Bertz CT molecular complexity index is 1540. The molecule has 1 aromatic heterocycles. The summed E-state index contributed by atoms with van der Waals surface area (Å²) in [6.07, 6.45) is 2.94. The van der Waals surface area contributed by atoms with Gasteiger partial charge >= 0.3 is 5.97 Å². The number of hydrogen-bond donors (Lipinski definition) is 2. The molecular formula is C25H23IN2O7S. The summed E-state index contributed by atoms with van der Waals surface area (Å²) in [6, 6.07) is 7.22. The minimum Gasteiger partial charge on any atom is -0.507 e. The molecule has 0 radical (unpaired) electrons. The van der Waals surface area contributed by atoms with Crippen LogP contribution in [-0.2, 0) is 9.53 Å². The topological polar surface area (TPSA) is 120 Å². The van der Waals surface area contributed by atoms with Crippen molar-refractivity contribution in [3.63, 3.8) is 0 Å². The Labute approximate surface area is 223 Å². The highest BCUT2D eigenvalue weighted by molar-refractivity contribution is 14.1. The number of hydrogen-bond acceptors (Lipinski definition) is 9. The number of carbonyl (C=O) groups excluding carboxylic acids is 1. The van der Waals surface area contributed by atoms with Crippen molar-refractivity contribution in [2.75, 3.05) is 20.3 Å². The van der Waals surface area contributed by atoms with E-state index in [-0.39, 0.29) is 17.1 Å². The van der Waals surface area contributed by atoms with Crippen LogP contribution in [0.5, 0.6) is 23.0 Å². The Balaban J connectivity index is 1.92. The van der Waals surface area contributed by atoms with Crippen LogP contribution in [0.1, 0.15) is 31.0 Å². The van der Waals surface area contributed by atoms with Gasteiger partial charge in [-0.3, -0.25) is 9.36 Å². The standard InChI is InChI=1S/C25H23IN2O7S/c1-4-34-19-7-6-13(9-20(19)35-5-2)22-15(24(32)33-3)12-27-25-28(22)23(31)21(36-25)10-14-8-16(26)18(30)11-17(14)29/h6-12,22,29-30H,4-5H2,1-3H3/b21-10-/t22-/m0/s1. The molecule has 0 unspecified atom stereocenters. The third-order valence-electron chi connectivity index (χ3n) is 5.39. The largest absolute Gasteiger partial charge is 0.507 e. The average Bonchev–Trinajstić information content (AvgIpc) is 3.18. The number of thiazole rings is 1. The lowest BCUT2D eigenvalue weighted by atomic mass is 9.97.